The molecule has 6 aromatic rings. The predicted molar refractivity (Wildman–Crippen MR) is 206 cm³/mol. The lowest BCUT2D eigenvalue weighted by molar-refractivity contribution is 0.441. The summed E-state index contributed by atoms with van der Waals surface area (Å²) in [5.74, 6) is 0. The van der Waals surface area contributed by atoms with E-state index < -0.39 is 10.8 Å². The largest absolute Gasteiger partial charge is 0.0647 e. The molecule has 0 aliphatic heterocycles. The van der Waals surface area contributed by atoms with E-state index in [9.17, 15) is 0 Å². The first-order valence-corrected chi connectivity index (χ1v) is 18.7. The summed E-state index contributed by atoms with van der Waals surface area (Å²) in [6.45, 7) is 0. The SMILES string of the molecule is Brc1ccc2c(c1)C=Cc1cc(Br)ccc1C21c2ccc3c4c(ccc(c24)C12c1ccc(Br)cc1C=Cc1cc(Br)ccc12)CC3. The van der Waals surface area contributed by atoms with Crippen molar-refractivity contribution in [1.29, 1.82) is 0 Å². The molecule has 0 saturated heterocycles. The average Bonchev–Trinajstić information content (AvgIpc) is 3.48. The van der Waals surface area contributed by atoms with Crippen LogP contribution < -0.4 is 0 Å². The Morgan fingerprint density at radius 2 is 0.652 bits per heavy atom. The zero-order chi connectivity index (χ0) is 30.9. The van der Waals surface area contributed by atoms with Crippen molar-refractivity contribution >= 4 is 98.8 Å². The third kappa shape index (κ3) is 3.39. The van der Waals surface area contributed by atoms with Crippen molar-refractivity contribution in [1.82, 2.24) is 0 Å². The van der Waals surface area contributed by atoms with E-state index in [0.717, 1.165) is 30.7 Å². The van der Waals surface area contributed by atoms with Crippen LogP contribution in [0.15, 0.2) is 115 Å². The minimum atomic E-state index is -0.595. The van der Waals surface area contributed by atoms with Crippen molar-refractivity contribution in [2.24, 2.45) is 0 Å². The second kappa shape index (κ2) is 9.76. The van der Waals surface area contributed by atoms with Crippen molar-refractivity contribution in [2.75, 3.05) is 0 Å². The van der Waals surface area contributed by atoms with Crippen LogP contribution in [-0.2, 0) is 23.7 Å². The first-order valence-electron chi connectivity index (χ1n) is 15.6. The Kier molecular flexibility index (Phi) is 5.95. The molecule has 0 saturated carbocycles. The normalized spacial score (nSPS) is 16.7. The number of rotatable bonds is 0. The third-order valence-corrected chi connectivity index (χ3v) is 12.9. The van der Waals surface area contributed by atoms with Crippen LogP contribution in [0.4, 0.5) is 0 Å². The smallest absolute Gasteiger partial charge is 0.0581 e. The molecule has 0 nitrogen and oxygen atoms in total. The average molecular weight is 848 g/mol. The van der Waals surface area contributed by atoms with Gasteiger partial charge in [0, 0.05) is 17.9 Å². The molecule has 0 N–H and O–H groups in total. The summed E-state index contributed by atoms with van der Waals surface area (Å²) in [7, 11) is 0. The van der Waals surface area contributed by atoms with Crippen LogP contribution in [-0.4, -0.2) is 0 Å². The summed E-state index contributed by atoms with van der Waals surface area (Å²) < 4.78 is 4.33. The van der Waals surface area contributed by atoms with E-state index in [4.69, 9.17) is 0 Å². The Morgan fingerprint density at radius 3 is 0.978 bits per heavy atom. The molecule has 4 heteroatoms. The molecule has 220 valence electrons. The maximum atomic E-state index is 3.85. The Bertz CT molecular complexity index is 2150. The van der Waals surface area contributed by atoms with Crippen molar-refractivity contribution in [3.8, 4) is 0 Å². The molecular formula is C42H24Br4. The summed E-state index contributed by atoms with van der Waals surface area (Å²) >= 11 is 15.4. The van der Waals surface area contributed by atoms with Crippen LogP contribution in [0.2, 0.25) is 0 Å². The van der Waals surface area contributed by atoms with Gasteiger partial charge in [-0.3, -0.25) is 0 Å². The quantitative estimate of drug-likeness (QED) is 0.143. The molecule has 10 rings (SSSR count). The summed E-state index contributed by atoms with van der Waals surface area (Å²) in [4.78, 5) is 0. The number of hydrogen-bond acceptors (Lipinski definition) is 0. The maximum absolute atomic E-state index is 3.85. The van der Waals surface area contributed by atoms with Crippen molar-refractivity contribution < 1.29 is 0 Å². The van der Waals surface area contributed by atoms with Gasteiger partial charge in [-0.2, -0.15) is 0 Å². The fourth-order valence-electron chi connectivity index (χ4n) is 9.45. The van der Waals surface area contributed by atoms with Crippen LogP contribution in [0.3, 0.4) is 0 Å². The Balaban J connectivity index is 1.55. The van der Waals surface area contributed by atoms with Crippen LogP contribution in [0.25, 0.3) is 35.1 Å². The van der Waals surface area contributed by atoms with Crippen molar-refractivity contribution in [2.45, 2.75) is 23.7 Å². The molecular weight excluding hydrogens is 824 g/mol. The van der Waals surface area contributed by atoms with E-state index >= 15 is 0 Å². The number of aryl methyl sites for hydroxylation is 2. The van der Waals surface area contributed by atoms with Gasteiger partial charge in [0.15, 0.2) is 0 Å². The Morgan fingerprint density at radius 1 is 0.348 bits per heavy atom. The van der Waals surface area contributed by atoms with Gasteiger partial charge in [-0.15, -0.1) is 0 Å². The molecule has 0 aromatic heterocycles. The zero-order valence-corrected chi connectivity index (χ0v) is 30.8. The predicted octanol–water partition coefficient (Wildman–Crippen LogP) is 12.6. The molecule has 0 heterocycles. The van der Waals surface area contributed by atoms with Gasteiger partial charge in [0.2, 0.25) is 0 Å². The highest BCUT2D eigenvalue weighted by molar-refractivity contribution is 9.11. The van der Waals surface area contributed by atoms with Crippen LogP contribution in [0.1, 0.15) is 66.8 Å². The second-order valence-electron chi connectivity index (χ2n) is 12.9. The lowest BCUT2D eigenvalue weighted by Gasteiger charge is -2.51. The molecule has 0 fully saturated rings. The van der Waals surface area contributed by atoms with Crippen LogP contribution in [0.5, 0.6) is 0 Å². The van der Waals surface area contributed by atoms with E-state index in [1.807, 2.05) is 0 Å². The molecule has 4 aliphatic carbocycles. The standard InChI is InChI=1S/C42H24Br4/c43-29-9-15-33-25(19-29)3-4-26-20-30(44)10-16-34(26)41(33)37-13-7-23-1-2-24-8-14-38(40(37)39(23)24)42(41)35-17-11-31(45)21-27(35)5-6-28-22-32(46)12-18-36(28)42/h3-22H,1-2H2. The van der Waals surface area contributed by atoms with Gasteiger partial charge in [-0.25, -0.2) is 0 Å². The number of fused-ring (bicyclic) bond motifs is 11. The lowest BCUT2D eigenvalue weighted by Crippen LogP contribution is -2.50. The molecule has 6 aromatic carbocycles. The molecule has 0 amide bonds. The van der Waals surface area contributed by atoms with Gasteiger partial charge in [-0.05, 0) is 139 Å². The fourth-order valence-corrected chi connectivity index (χ4v) is 11.0. The molecule has 2 spiro atoms. The maximum Gasteiger partial charge on any atom is 0.0647 e. The van der Waals surface area contributed by atoms with E-state index in [2.05, 4.69) is 185 Å². The topological polar surface area (TPSA) is 0 Å². The highest BCUT2D eigenvalue weighted by atomic mass is 79.9. The molecule has 4 aliphatic rings. The molecule has 0 atom stereocenters. The monoisotopic (exact) mass is 844 g/mol. The summed E-state index contributed by atoms with van der Waals surface area (Å²) in [6.07, 6.45) is 11.5. The van der Waals surface area contributed by atoms with Gasteiger partial charge in [0.1, 0.15) is 0 Å². The van der Waals surface area contributed by atoms with Crippen molar-refractivity contribution in [3.63, 3.8) is 0 Å². The number of hydrogen-bond donors (Lipinski definition) is 0. The Hall–Kier alpha value is -3.02. The van der Waals surface area contributed by atoms with E-state index in [0.29, 0.717) is 0 Å². The molecule has 0 unspecified atom stereocenters. The van der Waals surface area contributed by atoms with Crippen molar-refractivity contribution in [3.05, 3.63) is 182 Å². The van der Waals surface area contributed by atoms with Gasteiger partial charge in [0.25, 0.3) is 0 Å². The fraction of sp³-hybridized carbons (Fsp3) is 0.0952. The van der Waals surface area contributed by atoms with Gasteiger partial charge >= 0.3 is 0 Å². The highest BCUT2D eigenvalue weighted by Gasteiger charge is 2.65. The number of benzene rings is 6. The number of halogens is 4. The molecule has 0 bridgehead atoms. The van der Waals surface area contributed by atoms with Gasteiger partial charge in [-0.1, -0.05) is 137 Å². The summed E-state index contributed by atoms with van der Waals surface area (Å²) in [5.41, 5.74) is 14.8. The lowest BCUT2D eigenvalue weighted by atomic mass is 9.49. The van der Waals surface area contributed by atoms with Crippen LogP contribution >= 0.6 is 63.7 Å². The summed E-state index contributed by atoms with van der Waals surface area (Å²) in [6, 6.07) is 37.6. The zero-order valence-electron chi connectivity index (χ0n) is 24.5. The second-order valence-corrected chi connectivity index (χ2v) is 16.6. The third-order valence-electron chi connectivity index (χ3n) is 10.9. The van der Waals surface area contributed by atoms with Gasteiger partial charge in [0.05, 0.1) is 10.8 Å². The van der Waals surface area contributed by atoms with E-state index in [-0.39, 0.29) is 0 Å². The van der Waals surface area contributed by atoms with E-state index in [1.54, 1.807) is 0 Å². The first kappa shape index (κ1) is 28.0. The van der Waals surface area contributed by atoms with E-state index in [1.165, 1.54) is 77.5 Å². The molecule has 46 heavy (non-hydrogen) atoms. The first-order chi connectivity index (χ1) is 22.4. The minimum Gasteiger partial charge on any atom is -0.0581 e. The highest BCUT2D eigenvalue weighted by Crippen LogP contribution is 2.70. The van der Waals surface area contributed by atoms with Gasteiger partial charge < -0.3 is 0 Å². The minimum absolute atomic E-state index is 0.595. The molecule has 0 radical (unpaired) electrons. The summed E-state index contributed by atoms with van der Waals surface area (Å²) in [5, 5.41) is 2.90. The van der Waals surface area contributed by atoms with Crippen LogP contribution in [0, 0.1) is 0 Å². The Labute approximate surface area is 301 Å².